The van der Waals surface area contributed by atoms with Crippen molar-refractivity contribution in [1.29, 1.82) is 0 Å². The average Bonchev–Trinajstić information content (AvgIpc) is 3.19. The molecule has 1 aliphatic rings. The SMILES string of the molecule is CCOC(=O)CCc1ccc2c(c1)N[C@H](c1ccc([N+](=O)[O-])s1)O2. The molecule has 24 heavy (non-hydrogen) atoms. The van der Waals surface area contributed by atoms with Gasteiger partial charge in [0.25, 0.3) is 0 Å². The number of hydrogen-bond acceptors (Lipinski definition) is 7. The Morgan fingerprint density at radius 1 is 1.42 bits per heavy atom. The maximum Gasteiger partial charge on any atom is 0.324 e. The molecule has 1 aromatic heterocycles. The predicted octanol–water partition coefficient (Wildman–Crippen LogP) is 3.66. The summed E-state index contributed by atoms with van der Waals surface area (Å²) in [5.74, 6) is 0.474. The van der Waals surface area contributed by atoms with E-state index in [1.165, 1.54) is 6.07 Å². The fourth-order valence-corrected chi connectivity index (χ4v) is 3.24. The maximum absolute atomic E-state index is 11.4. The molecule has 1 aromatic carbocycles. The van der Waals surface area contributed by atoms with Crippen LogP contribution in [-0.2, 0) is 16.0 Å². The number of hydrogen-bond donors (Lipinski definition) is 1. The molecule has 126 valence electrons. The first-order chi connectivity index (χ1) is 11.6. The molecule has 1 atom stereocenters. The molecule has 8 heteroatoms. The van der Waals surface area contributed by atoms with Gasteiger partial charge in [-0.1, -0.05) is 17.4 Å². The number of anilines is 1. The van der Waals surface area contributed by atoms with E-state index in [0.29, 0.717) is 25.2 Å². The van der Waals surface area contributed by atoms with Gasteiger partial charge in [-0.2, -0.15) is 0 Å². The maximum atomic E-state index is 11.4. The summed E-state index contributed by atoms with van der Waals surface area (Å²) in [6, 6.07) is 8.83. The lowest BCUT2D eigenvalue weighted by Crippen LogP contribution is -2.08. The van der Waals surface area contributed by atoms with E-state index in [4.69, 9.17) is 9.47 Å². The molecule has 0 saturated heterocycles. The van der Waals surface area contributed by atoms with Crippen LogP contribution in [0.25, 0.3) is 0 Å². The van der Waals surface area contributed by atoms with E-state index in [1.807, 2.05) is 18.2 Å². The fourth-order valence-electron chi connectivity index (χ4n) is 2.44. The number of rotatable bonds is 6. The van der Waals surface area contributed by atoms with Gasteiger partial charge in [-0.05, 0) is 37.1 Å². The van der Waals surface area contributed by atoms with Crippen LogP contribution in [0.3, 0.4) is 0 Å². The second kappa shape index (κ2) is 6.88. The standard InChI is InChI=1S/C16H16N2O5S/c1-2-22-15(19)8-4-10-3-5-12-11(9-10)17-16(23-12)13-6-7-14(24-13)18(20)21/h3,5-7,9,16-17H,2,4,8H2,1H3/t16-/m0/s1. The number of esters is 1. The van der Waals surface area contributed by atoms with Crippen molar-refractivity contribution in [1.82, 2.24) is 0 Å². The summed E-state index contributed by atoms with van der Waals surface area (Å²) in [4.78, 5) is 22.5. The summed E-state index contributed by atoms with van der Waals surface area (Å²) in [5, 5.41) is 14.1. The van der Waals surface area contributed by atoms with E-state index in [2.05, 4.69) is 5.32 Å². The van der Waals surface area contributed by atoms with E-state index in [-0.39, 0.29) is 11.0 Å². The number of fused-ring (bicyclic) bond motifs is 1. The van der Waals surface area contributed by atoms with Crippen LogP contribution in [-0.4, -0.2) is 17.5 Å². The van der Waals surface area contributed by atoms with Crippen molar-refractivity contribution in [3.8, 4) is 5.75 Å². The first-order valence-electron chi connectivity index (χ1n) is 7.52. The Balaban J connectivity index is 1.66. The van der Waals surface area contributed by atoms with E-state index < -0.39 is 11.2 Å². The zero-order valence-electron chi connectivity index (χ0n) is 13.0. The largest absolute Gasteiger partial charge is 0.466 e. The van der Waals surface area contributed by atoms with Crippen molar-refractivity contribution in [2.24, 2.45) is 0 Å². The highest BCUT2D eigenvalue weighted by Gasteiger charge is 2.26. The molecule has 0 saturated carbocycles. The number of ether oxygens (including phenoxy) is 2. The van der Waals surface area contributed by atoms with Crippen molar-refractivity contribution < 1.29 is 19.2 Å². The Labute approximate surface area is 142 Å². The van der Waals surface area contributed by atoms with Gasteiger partial charge in [-0.25, -0.2) is 0 Å². The van der Waals surface area contributed by atoms with Gasteiger partial charge in [0, 0.05) is 12.5 Å². The van der Waals surface area contributed by atoms with Crippen LogP contribution in [0, 0.1) is 10.1 Å². The molecule has 2 aromatic rings. The number of thiophene rings is 1. The first kappa shape index (κ1) is 16.3. The summed E-state index contributed by atoms with van der Waals surface area (Å²) < 4.78 is 10.7. The molecule has 0 aliphatic carbocycles. The topological polar surface area (TPSA) is 90.7 Å². The quantitative estimate of drug-likeness (QED) is 0.487. The predicted molar refractivity (Wildman–Crippen MR) is 89.4 cm³/mol. The lowest BCUT2D eigenvalue weighted by Gasteiger charge is -2.07. The van der Waals surface area contributed by atoms with Crippen molar-refractivity contribution in [2.45, 2.75) is 26.0 Å². The summed E-state index contributed by atoms with van der Waals surface area (Å²) in [6.45, 7) is 2.16. The highest BCUT2D eigenvalue weighted by Crippen LogP contribution is 2.41. The molecule has 0 fully saturated rings. The van der Waals surface area contributed by atoms with Gasteiger partial charge in [0.2, 0.25) is 6.23 Å². The monoisotopic (exact) mass is 348 g/mol. The average molecular weight is 348 g/mol. The number of carbonyl (C=O) groups is 1. The third-order valence-corrected chi connectivity index (χ3v) is 4.63. The Bertz CT molecular complexity index is 774. The number of nitrogens with zero attached hydrogens (tertiary/aromatic N) is 1. The minimum atomic E-state index is -0.431. The lowest BCUT2D eigenvalue weighted by atomic mass is 10.1. The lowest BCUT2D eigenvalue weighted by molar-refractivity contribution is -0.380. The van der Waals surface area contributed by atoms with Gasteiger partial charge in [0.15, 0.2) is 0 Å². The summed E-state index contributed by atoms with van der Waals surface area (Å²) in [6.07, 6.45) is 0.482. The smallest absolute Gasteiger partial charge is 0.324 e. The first-order valence-corrected chi connectivity index (χ1v) is 8.34. The van der Waals surface area contributed by atoms with Gasteiger partial charge in [-0.3, -0.25) is 14.9 Å². The summed E-state index contributed by atoms with van der Waals surface area (Å²) in [5.41, 5.74) is 1.81. The summed E-state index contributed by atoms with van der Waals surface area (Å²) in [7, 11) is 0. The van der Waals surface area contributed by atoms with Crippen LogP contribution < -0.4 is 10.1 Å². The van der Waals surface area contributed by atoms with Crippen LogP contribution in [0.2, 0.25) is 0 Å². The van der Waals surface area contributed by atoms with Crippen molar-refractivity contribution in [2.75, 3.05) is 11.9 Å². The molecule has 7 nitrogen and oxygen atoms in total. The molecule has 0 spiro atoms. The Kier molecular flexibility index (Phi) is 4.66. The van der Waals surface area contributed by atoms with Gasteiger partial charge in [-0.15, -0.1) is 0 Å². The van der Waals surface area contributed by atoms with E-state index >= 15 is 0 Å². The van der Waals surface area contributed by atoms with E-state index in [9.17, 15) is 14.9 Å². The third kappa shape index (κ3) is 3.48. The molecule has 0 amide bonds. The van der Waals surface area contributed by atoms with Gasteiger partial charge >= 0.3 is 11.0 Å². The fraction of sp³-hybridized carbons (Fsp3) is 0.312. The Morgan fingerprint density at radius 2 is 2.25 bits per heavy atom. The minimum Gasteiger partial charge on any atom is -0.466 e. The molecule has 1 N–H and O–H groups in total. The number of carbonyl (C=O) groups excluding carboxylic acids is 1. The minimum absolute atomic E-state index is 0.0847. The highest BCUT2D eigenvalue weighted by molar-refractivity contribution is 7.15. The van der Waals surface area contributed by atoms with Crippen molar-refractivity contribution in [3.05, 3.63) is 50.9 Å². The second-order valence-electron chi connectivity index (χ2n) is 5.21. The molecule has 1 aliphatic heterocycles. The molecule has 0 unspecified atom stereocenters. The Hall–Kier alpha value is -2.61. The van der Waals surface area contributed by atoms with Crippen LogP contribution in [0.1, 0.15) is 30.0 Å². The molecular weight excluding hydrogens is 332 g/mol. The molecular formula is C16H16N2O5S. The number of aryl methyl sites for hydroxylation is 1. The zero-order valence-corrected chi connectivity index (χ0v) is 13.8. The van der Waals surface area contributed by atoms with E-state index in [0.717, 1.165) is 27.5 Å². The molecule has 0 bridgehead atoms. The normalized spacial score (nSPS) is 15.3. The number of benzene rings is 1. The number of nitro groups is 1. The number of nitrogens with one attached hydrogen (secondary N) is 1. The van der Waals surface area contributed by atoms with Gasteiger partial charge in [0.05, 0.1) is 22.1 Å². The van der Waals surface area contributed by atoms with Crippen LogP contribution in [0.5, 0.6) is 5.75 Å². The molecule has 2 heterocycles. The Morgan fingerprint density at radius 3 is 2.96 bits per heavy atom. The van der Waals surface area contributed by atoms with Crippen molar-refractivity contribution in [3.63, 3.8) is 0 Å². The summed E-state index contributed by atoms with van der Waals surface area (Å²) >= 11 is 1.08. The van der Waals surface area contributed by atoms with Crippen molar-refractivity contribution >= 4 is 28.0 Å². The molecule has 3 rings (SSSR count). The van der Waals surface area contributed by atoms with Crippen LogP contribution >= 0.6 is 11.3 Å². The second-order valence-corrected chi connectivity index (χ2v) is 6.30. The van der Waals surface area contributed by atoms with Gasteiger partial charge < -0.3 is 14.8 Å². The van der Waals surface area contributed by atoms with Crippen LogP contribution in [0.15, 0.2) is 30.3 Å². The van der Waals surface area contributed by atoms with Gasteiger partial charge in [0.1, 0.15) is 5.75 Å². The van der Waals surface area contributed by atoms with Crippen LogP contribution in [0.4, 0.5) is 10.7 Å². The third-order valence-electron chi connectivity index (χ3n) is 3.55. The zero-order chi connectivity index (χ0) is 17.1. The molecule has 0 radical (unpaired) electrons. The highest BCUT2D eigenvalue weighted by atomic mass is 32.1. The van der Waals surface area contributed by atoms with E-state index in [1.54, 1.807) is 13.0 Å².